The van der Waals surface area contributed by atoms with Crippen LogP contribution in [0, 0.1) is 0 Å². The fourth-order valence-corrected chi connectivity index (χ4v) is 3.00. The minimum atomic E-state index is -0.924. The number of aromatic nitrogens is 2. The minimum Gasteiger partial charge on any atom is -0.294 e. The third-order valence-corrected chi connectivity index (χ3v) is 5.18. The normalized spacial score (nSPS) is 14.2. The van der Waals surface area contributed by atoms with Crippen LogP contribution in [-0.2, 0) is 17.3 Å². The molecule has 0 bridgehead atoms. The standard InChI is InChI=1S/C15H19ClN2O2S/c1-3-12(16)14-17-13-8-6-5-7-11(13)15(19)18(14)9-10-21(20)4-2/h5-8,12H,3-4,9-10H2,1-2H3. The van der Waals surface area contributed by atoms with Gasteiger partial charge in [0, 0.05) is 28.9 Å². The summed E-state index contributed by atoms with van der Waals surface area (Å²) in [5, 5.41) is 0.251. The van der Waals surface area contributed by atoms with E-state index in [9.17, 15) is 9.00 Å². The smallest absolute Gasteiger partial charge is 0.261 e. The summed E-state index contributed by atoms with van der Waals surface area (Å²) < 4.78 is 13.2. The van der Waals surface area contributed by atoms with Crippen LogP contribution in [-0.4, -0.2) is 25.3 Å². The molecule has 0 saturated carbocycles. The molecule has 2 rings (SSSR count). The third kappa shape index (κ3) is 3.52. The fourth-order valence-electron chi connectivity index (χ4n) is 2.16. The summed E-state index contributed by atoms with van der Waals surface area (Å²) in [6.45, 7) is 4.21. The van der Waals surface area contributed by atoms with Gasteiger partial charge in [-0.3, -0.25) is 13.6 Å². The number of fused-ring (bicyclic) bond motifs is 1. The number of nitrogens with zero attached hydrogens (tertiary/aromatic N) is 2. The van der Waals surface area contributed by atoms with Crippen molar-refractivity contribution in [3.63, 3.8) is 0 Å². The molecule has 0 amide bonds. The van der Waals surface area contributed by atoms with E-state index in [-0.39, 0.29) is 10.9 Å². The molecule has 6 heteroatoms. The Hall–Kier alpha value is -1.20. The van der Waals surface area contributed by atoms with Gasteiger partial charge in [-0.05, 0) is 18.6 Å². The Morgan fingerprint density at radius 1 is 1.33 bits per heavy atom. The monoisotopic (exact) mass is 326 g/mol. The summed E-state index contributed by atoms with van der Waals surface area (Å²) in [5.41, 5.74) is 0.548. The van der Waals surface area contributed by atoms with E-state index in [1.54, 1.807) is 10.6 Å². The molecule has 1 aromatic carbocycles. The minimum absolute atomic E-state index is 0.109. The molecule has 0 aliphatic carbocycles. The first-order chi connectivity index (χ1) is 10.1. The zero-order chi connectivity index (χ0) is 15.4. The predicted octanol–water partition coefficient (Wildman–Crippen LogP) is 2.86. The first-order valence-electron chi connectivity index (χ1n) is 7.07. The van der Waals surface area contributed by atoms with E-state index in [1.807, 2.05) is 32.0 Å². The Morgan fingerprint density at radius 3 is 2.71 bits per heavy atom. The molecule has 0 aliphatic heterocycles. The van der Waals surface area contributed by atoms with Crippen molar-refractivity contribution in [3.05, 3.63) is 40.4 Å². The largest absolute Gasteiger partial charge is 0.294 e. The van der Waals surface area contributed by atoms with Crippen molar-refractivity contribution in [1.29, 1.82) is 0 Å². The highest BCUT2D eigenvalue weighted by Crippen LogP contribution is 2.22. The van der Waals surface area contributed by atoms with Gasteiger partial charge in [0.25, 0.3) is 5.56 Å². The molecule has 0 saturated heterocycles. The maximum atomic E-state index is 12.6. The summed E-state index contributed by atoms with van der Waals surface area (Å²) in [6.07, 6.45) is 0.684. The second kappa shape index (κ2) is 7.18. The van der Waals surface area contributed by atoms with E-state index in [0.717, 1.165) is 0 Å². The van der Waals surface area contributed by atoms with Gasteiger partial charge in [-0.25, -0.2) is 4.98 Å². The molecule has 0 spiro atoms. The lowest BCUT2D eigenvalue weighted by Gasteiger charge is -2.16. The summed E-state index contributed by atoms with van der Waals surface area (Å²) in [5.74, 6) is 1.59. The van der Waals surface area contributed by atoms with E-state index in [0.29, 0.717) is 41.2 Å². The molecule has 2 atom stereocenters. The molecular weight excluding hydrogens is 308 g/mol. The van der Waals surface area contributed by atoms with Gasteiger partial charge in [0.1, 0.15) is 5.82 Å². The Bertz CT molecular complexity index is 714. The quantitative estimate of drug-likeness (QED) is 0.767. The van der Waals surface area contributed by atoms with Crippen molar-refractivity contribution in [1.82, 2.24) is 9.55 Å². The summed E-state index contributed by atoms with van der Waals surface area (Å²) in [4.78, 5) is 17.2. The van der Waals surface area contributed by atoms with Crippen LogP contribution in [0.1, 0.15) is 31.5 Å². The Kier molecular flexibility index (Phi) is 5.53. The number of hydrogen-bond donors (Lipinski definition) is 0. The van der Waals surface area contributed by atoms with Crippen molar-refractivity contribution in [2.75, 3.05) is 11.5 Å². The Balaban J connectivity index is 2.55. The van der Waals surface area contributed by atoms with Crippen LogP contribution < -0.4 is 5.56 Å². The van der Waals surface area contributed by atoms with Crippen LogP contribution in [0.2, 0.25) is 0 Å². The highest BCUT2D eigenvalue weighted by atomic mass is 35.5. The first-order valence-corrected chi connectivity index (χ1v) is 8.99. The molecule has 0 aliphatic rings. The summed E-state index contributed by atoms with van der Waals surface area (Å²) in [6, 6.07) is 7.24. The van der Waals surface area contributed by atoms with E-state index in [2.05, 4.69) is 4.98 Å². The molecule has 1 aromatic heterocycles. The van der Waals surface area contributed by atoms with Crippen LogP contribution in [0.4, 0.5) is 0 Å². The Morgan fingerprint density at radius 2 is 2.05 bits per heavy atom. The van der Waals surface area contributed by atoms with Crippen molar-refractivity contribution in [2.24, 2.45) is 0 Å². The maximum absolute atomic E-state index is 12.6. The average molecular weight is 327 g/mol. The molecule has 2 aromatic rings. The van der Waals surface area contributed by atoms with Crippen LogP contribution in [0.3, 0.4) is 0 Å². The Labute approximate surface area is 131 Å². The van der Waals surface area contributed by atoms with Gasteiger partial charge in [0.2, 0.25) is 0 Å². The van der Waals surface area contributed by atoms with Gasteiger partial charge in [-0.1, -0.05) is 26.0 Å². The predicted molar refractivity (Wildman–Crippen MR) is 88.4 cm³/mol. The number of halogens is 1. The van der Waals surface area contributed by atoms with E-state index in [1.165, 1.54) is 0 Å². The second-order valence-corrected chi connectivity index (χ2v) is 7.14. The van der Waals surface area contributed by atoms with Gasteiger partial charge in [0.05, 0.1) is 16.3 Å². The summed E-state index contributed by atoms with van der Waals surface area (Å²) in [7, 11) is -0.924. The number of alkyl halides is 1. The molecule has 114 valence electrons. The molecule has 0 N–H and O–H groups in total. The van der Waals surface area contributed by atoms with Crippen molar-refractivity contribution in [2.45, 2.75) is 32.2 Å². The van der Waals surface area contributed by atoms with E-state index < -0.39 is 10.8 Å². The third-order valence-electron chi connectivity index (χ3n) is 3.39. The van der Waals surface area contributed by atoms with Gasteiger partial charge in [-0.2, -0.15) is 0 Å². The topological polar surface area (TPSA) is 52.0 Å². The van der Waals surface area contributed by atoms with Gasteiger partial charge >= 0.3 is 0 Å². The van der Waals surface area contributed by atoms with Crippen LogP contribution in [0.15, 0.2) is 29.1 Å². The molecule has 2 unspecified atom stereocenters. The zero-order valence-electron chi connectivity index (χ0n) is 12.2. The van der Waals surface area contributed by atoms with Crippen LogP contribution in [0.25, 0.3) is 10.9 Å². The number of para-hydroxylation sites is 1. The van der Waals surface area contributed by atoms with Crippen molar-refractivity contribution >= 4 is 33.3 Å². The number of hydrogen-bond acceptors (Lipinski definition) is 3. The molecule has 0 fully saturated rings. The second-order valence-electron chi connectivity index (χ2n) is 4.75. The average Bonchev–Trinajstić information content (AvgIpc) is 2.52. The van der Waals surface area contributed by atoms with Gasteiger partial charge in [-0.15, -0.1) is 11.6 Å². The SMILES string of the molecule is CCC(Cl)c1nc2ccccc2c(=O)n1CCS(=O)CC. The van der Waals surface area contributed by atoms with Gasteiger partial charge in [0.15, 0.2) is 0 Å². The number of benzene rings is 1. The molecule has 21 heavy (non-hydrogen) atoms. The maximum Gasteiger partial charge on any atom is 0.261 e. The van der Waals surface area contributed by atoms with Gasteiger partial charge < -0.3 is 0 Å². The van der Waals surface area contributed by atoms with Crippen LogP contribution >= 0.6 is 11.6 Å². The lowest BCUT2D eigenvalue weighted by atomic mass is 10.2. The lowest BCUT2D eigenvalue weighted by Crippen LogP contribution is -2.28. The van der Waals surface area contributed by atoms with Crippen molar-refractivity contribution in [3.8, 4) is 0 Å². The summed E-state index contributed by atoms with van der Waals surface area (Å²) >= 11 is 6.32. The van der Waals surface area contributed by atoms with Crippen molar-refractivity contribution < 1.29 is 4.21 Å². The molecule has 4 nitrogen and oxygen atoms in total. The fraction of sp³-hybridized carbons (Fsp3) is 0.467. The number of rotatable bonds is 6. The molecule has 1 heterocycles. The molecule has 0 radical (unpaired) electrons. The zero-order valence-corrected chi connectivity index (χ0v) is 13.8. The highest BCUT2D eigenvalue weighted by molar-refractivity contribution is 7.84. The lowest BCUT2D eigenvalue weighted by molar-refractivity contribution is 0.628. The van der Waals surface area contributed by atoms with E-state index in [4.69, 9.17) is 11.6 Å². The van der Waals surface area contributed by atoms with E-state index >= 15 is 0 Å². The molecular formula is C15H19ClN2O2S. The first kappa shape index (κ1) is 16.2. The highest BCUT2D eigenvalue weighted by Gasteiger charge is 2.17. The van der Waals surface area contributed by atoms with Crippen LogP contribution in [0.5, 0.6) is 0 Å².